The smallest absolute Gasteiger partial charge is 0.328 e. The molecule has 3 rings (SSSR count). The highest BCUT2D eigenvalue weighted by Gasteiger charge is 2.49. The fraction of sp³-hybridized carbons (Fsp3) is 0.571. The maximum absolute atomic E-state index is 13.0. The average molecular weight is 424 g/mol. The van der Waals surface area contributed by atoms with Gasteiger partial charge in [0.2, 0.25) is 5.91 Å². The molecule has 3 atom stereocenters. The Bertz CT molecular complexity index is 740. The van der Waals surface area contributed by atoms with Crippen molar-refractivity contribution >= 4 is 35.9 Å². The second kappa shape index (κ2) is 10.1. The first kappa shape index (κ1) is 23.2. The molecule has 1 heterocycles. The summed E-state index contributed by atoms with van der Waals surface area (Å²) in [5.74, 6) is -0.360. The SMILES string of the molecule is CCOC(=O)C(C)NC(=O)c1ccc(NC(=O)[C@@]23CCCC[C@H]2CNC3)cc1.Cl. The molecule has 1 aliphatic carbocycles. The van der Waals surface area contributed by atoms with Gasteiger partial charge in [-0.1, -0.05) is 12.8 Å². The van der Waals surface area contributed by atoms with E-state index in [0.29, 0.717) is 17.2 Å². The lowest BCUT2D eigenvalue weighted by molar-refractivity contribution is -0.144. The van der Waals surface area contributed by atoms with E-state index in [1.54, 1.807) is 38.1 Å². The first-order valence-electron chi connectivity index (χ1n) is 10.1. The molecule has 0 radical (unpaired) electrons. The Balaban J connectivity index is 0.00000300. The normalized spacial score (nSPS) is 23.9. The van der Waals surface area contributed by atoms with E-state index in [-0.39, 0.29) is 36.2 Å². The summed E-state index contributed by atoms with van der Waals surface area (Å²) in [6.07, 6.45) is 4.29. The molecule has 29 heavy (non-hydrogen) atoms. The van der Waals surface area contributed by atoms with Crippen LogP contribution >= 0.6 is 12.4 Å². The van der Waals surface area contributed by atoms with E-state index in [4.69, 9.17) is 4.74 Å². The molecule has 2 fully saturated rings. The van der Waals surface area contributed by atoms with Crippen LogP contribution in [0.3, 0.4) is 0 Å². The van der Waals surface area contributed by atoms with Gasteiger partial charge >= 0.3 is 5.97 Å². The fourth-order valence-corrected chi connectivity index (χ4v) is 4.26. The van der Waals surface area contributed by atoms with Crippen molar-refractivity contribution in [3.05, 3.63) is 29.8 Å². The third-order valence-electron chi connectivity index (χ3n) is 5.88. The maximum atomic E-state index is 13.0. The molecule has 1 unspecified atom stereocenters. The van der Waals surface area contributed by atoms with Crippen LogP contribution in [0.2, 0.25) is 0 Å². The molecule has 1 aromatic carbocycles. The summed E-state index contributed by atoms with van der Waals surface area (Å²) < 4.78 is 4.89. The summed E-state index contributed by atoms with van der Waals surface area (Å²) in [5.41, 5.74) is 0.777. The van der Waals surface area contributed by atoms with Gasteiger partial charge in [0.15, 0.2) is 0 Å². The molecule has 2 amide bonds. The van der Waals surface area contributed by atoms with Gasteiger partial charge in [0.05, 0.1) is 12.0 Å². The summed E-state index contributed by atoms with van der Waals surface area (Å²) in [6.45, 7) is 5.21. The van der Waals surface area contributed by atoms with Crippen molar-refractivity contribution in [2.75, 3.05) is 25.0 Å². The van der Waals surface area contributed by atoms with Crippen molar-refractivity contribution < 1.29 is 19.1 Å². The molecule has 0 aromatic heterocycles. The quantitative estimate of drug-likeness (QED) is 0.611. The molecule has 7 nitrogen and oxygen atoms in total. The first-order chi connectivity index (χ1) is 13.5. The van der Waals surface area contributed by atoms with Crippen LogP contribution in [0.4, 0.5) is 5.69 Å². The van der Waals surface area contributed by atoms with Crippen LogP contribution in [0.15, 0.2) is 24.3 Å². The van der Waals surface area contributed by atoms with Crippen LogP contribution in [-0.2, 0) is 14.3 Å². The highest BCUT2D eigenvalue weighted by atomic mass is 35.5. The molecule has 3 N–H and O–H groups in total. The predicted molar refractivity (Wildman–Crippen MR) is 113 cm³/mol. The van der Waals surface area contributed by atoms with Gasteiger partial charge in [-0.2, -0.15) is 0 Å². The fourth-order valence-electron chi connectivity index (χ4n) is 4.26. The van der Waals surface area contributed by atoms with Gasteiger partial charge in [-0.3, -0.25) is 9.59 Å². The maximum Gasteiger partial charge on any atom is 0.328 e. The first-order valence-corrected chi connectivity index (χ1v) is 10.1. The minimum Gasteiger partial charge on any atom is -0.464 e. The number of carbonyl (C=O) groups excluding carboxylic acids is 3. The van der Waals surface area contributed by atoms with E-state index in [9.17, 15) is 14.4 Å². The lowest BCUT2D eigenvalue weighted by atomic mass is 9.67. The zero-order valence-corrected chi connectivity index (χ0v) is 17.8. The summed E-state index contributed by atoms with van der Waals surface area (Å²) in [7, 11) is 0. The Hall–Kier alpha value is -2.12. The van der Waals surface area contributed by atoms with E-state index in [0.717, 1.165) is 32.4 Å². The molecule has 0 spiro atoms. The lowest BCUT2D eigenvalue weighted by Crippen LogP contribution is -2.44. The van der Waals surface area contributed by atoms with E-state index < -0.39 is 12.0 Å². The topological polar surface area (TPSA) is 96.5 Å². The van der Waals surface area contributed by atoms with Gasteiger partial charge in [0.25, 0.3) is 5.91 Å². The Kier molecular flexibility index (Phi) is 8.05. The third kappa shape index (κ3) is 5.08. The molecule has 1 saturated carbocycles. The number of esters is 1. The molecule has 1 aliphatic heterocycles. The zero-order chi connectivity index (χ0) is 20.1. The number of hydrogen-bond donors (Lipinski definition) is 3. The van der Waals surface area contributed by atoms with Gasteiger partial charge in [-0.05, 0) is 63.4 Å². The summed E-state index contributed by atoms with van der Waals surface area (Å²) in [5, 5.41) is 9.02. The molecule has 0 bridgehead atoms. The van der Waals surface area contributed by atoms with Gasteiger partial charge in [-0.15, -0.1) is 12.4 Å². The minimum atomic E-state index is -0.718. The van der Waals surface area contributed by atoms with Crippen molar-refractivity contribution in [2.24, 2.45) is 11.3 Å². The zero-order valence-electron chi connectivity index (χ0n) is 17.0. The van der Waals surface area contributed by atoms with E-state index in [1.165, 1.54) is 6.42 Å². The Morgan fingerprint density at radius 3 is 2.66 bits per heavy atom. The van der Waals surface area contributed by atoms with E-state index in [1.807, 2.05) is 0 Å². The van der Waals surface area contributed by atoms with Gasteiger partial charge in [-0.25, -0.2) is 4.79 Å². The van der Waals surface area contributed by atoms with Crippen LogP contribution in [0.1, 0.15) is 49.9 Å². The molecule has 2 aliphatic rings. The number of hydrogen-bond acceptors (Lipinski definition) is 5. The summed E-state index contributed by atoms with van der Waals surface area (Å²) in [6, 6.07) is 6.01. The molecular formula is C21H30ClN3O4. The minimum absolute atomic E-state index is 0. The average Bonchev–Trinajstić information content (AvgIpc) is 3.14. The number of anilines is 1. The Morgan fingerprint density at radius 2 is 1.97 bits per heavy atom. The van der Waals surface area contributed by atoms with Crippen LogP contribution in [0.5, 0.6) is 0 Å². The number of fused-ring (bicyclic) bond motifs is 1. The number of ether oxygens (including phenoxy) is 1. The Morgan fingerprint density at radius 1 is 1.24 bits per heavy atom. The van der Waals surface area contributed by atoms with Crippen molar-refractivity contribution in [3.8, 4) is 0 Å². The van der Waals surface area contributed by atoms with Gasteiger partial charge in [0.1, 0.15) is 6.04 Å². The van der Waals surface area contributed by atoms with Crippen molar-refractivity contribution in [3.63, 3.8) is 0 Å². The van der Waals surface area contributed by atoms with E-state index >= 15 is 0 Å². The predicted octanol–water partition coefficient (Wildman–Crippen LogP) is 2.51. The highest BCUT2D eigenvalue weighted by Crippen LogP contribution is 2.44. The number of rotatable bonds is 6. The van der Waals surface area contributed by atoms with E-state index in [2.05, 4.69) is 16.0 Å². The number of nitrogens with one attached hydrogen (secondary N) is 3. The van der Waals surface area contributed by atoms with Crippen LogP contribution in [-0.4, -0.2) is 43.5 Å². The van der Waals surface area contributed by atoms with Crippen LogP contribution < -0.4 is 16.0 Å². The standard InChI is InChI=1S/C21H29N3O4.ClH/c1-3-28-19(26)14(2)23-18(25)15-7-9-17(10-8-15)24-20(27)21-11-5-4-6-16(21)12-22-13-21;/h7-10,14,16,22H,3-6,11-13H2,1-2H3,(H,23,25)(H,24,27);1H/t14?,16-,21+;/m0./s1. The lowest BCUT2D eigenvalue weighted by Gasteiger charge is -2.37. The second-order valence-electron chi connectivity index (χ2n) is 7.71. The summed E-state index contributed by atoms with van der Waals surface area (Å²) >= 11 is 0. The van der Waals surface area contributed by atoms with Crippen LogP contribution in [0.25, 0.3) is 0 Å². The number of halogens is 1. The second-order valence-corrected chi connectivity index (χ2v) is 7.71. The van der Waals surface area contributed by atoms with Crippen LogP contribution in [0, 0.1) is 11.3 Å². The summed E-state index contributed by atoms with van der Waals surface area (Å²) in [4.78, 5) is 36.9. The van der Waals surface area contributed by atoms with Crippen molar-refractivity contribution in [1.29, 1.82) is 0 Å². The number of benzene rings is 1. The Labute approximate surface area is 177 Å². The number of carbonyl (C=O) groups is 3. The molecular weight excluding hydrogens is 394 g/mol. The third-order valence-corrected chi connectivity index (χ3v) is 5.88. The number of amides is 2. The monoisotopic (exact) mass is 423 g/mol. The highest BCUT2D eigenvalue weighted by molar-refractivity contribution is 5.99. The van der Waals surface area contributed by atoms with Gasteiger partial charge < -0.3 is 20.7 Å². The molecule has 1 aromatic rings. The van der Waals surface area contributed by atoms with Crippen molar-refractivity contribution in [2.45, 2.75) is 45.6 Å². The molecule has 1 saturated heterocycles. The largest absolute Gasteiger partial charge is 0.464 e. The van der Waals surface area contributed by atoms with Gasteiger partial charge in [0, 0.05) is 17.8 Å². The molecule has 8 heteroatoms. The van der Waals surface area contributed by atoms with Crippen molar-refractivity contribution in [1.82, 2.24) is 10.6 Å². The molecule has 160 valence electrons.